The van der Waals surface area contributed by atoms with Crippen molar-refractivity contribution < 1.29 is 4.92 Å². The zero-order chi connectivity index (χ0) is 10.9. The highest BCUT2D eigenvalue weighted by Gasteiger charge is 2.18. The van der Waals surface area contributed by atoms with Gasteiger partial charge in [-0.2, -0.15) is 0 Å². The molecule has 14 heavy (non-hydrogen) atoms. The van der Waals surface area contributed by atoms with Crippen LogP contribution in [-0.2, 0) is 0 Å². The van der Waals surface area contributed by atoms with Gasteiger partial charge in [-0.1, -0.05) is 13.8 Å². The van der Waals surface area contributed by atoms with Crippen molar-refractivity contribution in [3.63, 3.8) is 0 Å². The van der Waals surface area contributed by atoms with Gasteiger partial charge in [0, 0.05) is 16.1 Å². The standard InChI is InChI=1S/C9H11BrN2O2/c1-5(2)6-3-7(10)8(11)4-9(6)12(13)14/h3-5H,11H2,1-2H3. The smallest absolute Gasteiger partial charge is 0.274 e. The Morgan fingerprint density at radius 1 is 1.50 bits per heavy atom. The van der Waals surface area contributed by atoms with E-state index in [1.54, 1.807) is 6.07 Å². The van der Waals surface area contributed by atoms with Crippen molar-refractivity contribution >= 4 is 27.3 Å². The molecule has 0 aliphatic rings. The van der Waals surface area contributed by atoms with E-state index in [0.717, 1.165) is 0 Å². The third-order valence-corrected chi connectivity index (χ3v) is 2.65. The molecule has 1 aromatic carbocycles. The molecular weight excluding hydrogens is 248 g/mol. The number of nitro groups is 1. The minimum absolute atomic E-state index is 0.0840. The molecular formula is C9H11BrN2O2. The van der Waals surface area contributed by atoms with Gasteiger partial charge in [-0.3, -0.25) is 10.1 Å². The highest BCUT2D eigenvalue weighted by molar-refractivity contribution is 9.10. The molecule has 76 valence electrons. The second kappa shape index (κ2) is 3.96. The number of halogens is 1. The summed E-state index contributed by atoms with van der Waals surface area (Å²) >= 11 is 3.25. The van der Waals surface area contributed by atoms with Crippen LogP contribution < -0.4 is 5.73 Å². The van der Waals surface area contributed by atoms with Crippen LogP contribution in [-0.4, -0.2) is 4.92 Å². The molecule has 1 aromatic rings. The molecule has 0 aliphatic carbocycles. The van der Waals surface area contributed by atoms with Gasteiger partial charge in [0.1, 0.15) is 0 Å². The average molecular weight is 259 g/mol. The summed E-state index contributed by atoms with van der Waals surface area (Å²) < 4.78 is 0.701. The maximum absolute atomic E-state index is 10.7. The van der Waals surface area contributed by atoms with E-state index >= 15 is 0 Å². The summed E-state index contributed by atoms with van der Waals surface area (Å²) in [6.07, 6.45) is 0. The maximum atomic E-state index is 10.7. The summed E-state index contributed by atoms with van der Waals surface area (Å²) in [5.41, 5.74) is 6.74. The molecule has 0 amide bonds. The summed E-state index contributed by atoms with van der Waals surface area (Å²) in [7, 11) is 0. The number of rotatable bonds is 2. The summed E-state index contributed by atoms with van der Waals surface area (Å²) in [4.78, 5) is 10.3. The van der Waals surface area contributed by atoms with Gasteiger partial charge < -0.3 is 5.73 Å². The summed E-state index contributed by atoms with van der Waals surface area (Å²) in [6, 6.07) is 3.09. The number of benzene rings is 1. The molecule has 0 heterocycles. The van der Waals surface area contributed by atoms with Gasteiger partial charge in [0.25, 0.3) is 5.69 Å². The van der Waals surface area contributed by atoms with Gasteiger partial charge in [-0.25, -0.2) is 0 Å². The third-order valence-electron chi connectivity index (χ3n) is 1.96. The fourth-order valence-corrected chi connectivity index (χ4v) is 1.58. The fraction of sp³-hybridized carbons (Fsp3) is 0.333. The molecule has 4 nitrogen and oxygen atoms in total. The third kappa shape index (κ3) is 2.04. The van der Waals surface area contributed by atoms with Crippen LogP contribution in [0.2, 0.25) is 0 Å². The zero-order valence-corrected chi connectivity index (χ0v) is 9.54. The van der Waals surface area contributed by atoms with E-state index in [-0.39, 0.29) is 11.6 Å². The molecule has 1 rings (SSSR count). The van der Waals surface area contributed by atoms with Gasteiger partial charge >= 0.3 is 0 Å². The molecule has 0 bridgehead atoms. The SMILES string of the molecule is CC(C)c1cc(Br)c(N)cc1[N+](=O)[O-]. The molecule has 0 radical (unpaired) electrons. The zero-order valence-electron chi connectivity index (χ0n) is 7.95. The molecule has 0 aromatic heterocycles. The topological polar surface area (TPSA) is 69.2 Å². The van der Waals surface area contributed by atoms with E-state index in [9.17, 15) is 10.1 Å². The first-order valence-corrected chi connectivity index (χ1v) is 4.96. The molecule has 5 heteroatoms. The van der Waals surface area contributed by atoms with Crippen LogP contribution in [0.5, 0.6) is 0 Å². The van der Waals surface area contributed by atoms with Crippen LogP contribution >= 0.6 is 15.9 Å². The van der Waals surface area contributed by atoms with Crippen LogP contribution in [0, 0.1) is 10.1 Å². The summed E-state index contributed by atoms with van der Waals surface area (Å²) in [5, 5.41) is 10.7. The Labute approximate surface area is 90.4 Å². The van der Waals surface area contributed by atoms with Crippen molar-refractivity contribution in [2.45, 2.75) is 19.8 Å². The monoisotopic (exact) mass is 258 g/mol. The van der Waals surface area contributed by atoms with Crippen molar-refractivity contribution in [3.05, 3.63) is 32.3 Å². The first-order valence-electron chi connectivity index (χ1n) is 4.16. The van der Waals surface area contributed by atoms with E-state index in [1.165, 1.54) is 6.07 Å². The highest BCUT2D eigenvalue weighted by atomic mass is 79.9. The molecule has 0 unspecified atom stereocenters. The number of nitrogen functional groups attached to an aromatic ring is 1. The lowest BCUT2D eigenvalue weighted by Crippen LogP contribution is -1.99. The van der Waals surface area contributed by atoms with Crippen molar-refractivity contribution in [1.29, 1.82) is 0 Å². The van der Waals surface area contributed by atoms with Crippen molar-refractivity contribution in [1.82, 2.24) is 0 Å². The lowest BCUT2D eigenvalue weighted by molar-refractivity contribution is -0.385. The normalized spacial score (nSPS) is 10.6. The van der Waals surface area contributed by atoms with Crippen LogP contribution in [0.4, 0.5) is 11.4 Å². The van der Waals surface area contributed by atoms with E-state index < -0.39 is 4.92 Å². The van der Waals surface area contributed by atoms with Gasteiger partial charge in [0.2, 0.25) is 0 Å². The minimum Gasteiger partial charge on any atom is -0.398 e. The highest BCUT2D eigenvalue weighted by Crippen LogP contribution is 2.33. The lowest BCUT2D eigenvalue weighted by Gasteiger charge is -2.08. The van der Waals surface area contributed by atoms with Crippen LogP contribution in [0.25, 0.3) is 0 Å². The summed E-state index contributed by atoms with van der Waals surface area (Å²) in [5.74, 6) is 0.104. The molecule has 0 saturated heterocycles. The first kappa shape index (κ1) is 11.0. The van der Waals surface area contributed by atoms with Gasteiger partial charge in [-0.05, 0) is 27.9 Å². The Morgan fingerprint density at radius 3 is 2.50 bits per heavy atom. The van der Waals surface area contributed by atoms with E-state index in [2.05, 4.69) is 15.9 Å². The predicted molar refractivity (Wildman–Crippen MR) is 59.3 cm³/mol. The molecule has 0 atom stereocenters. The molecule has 2 N–H and O–H groups in total. The van der Waals surface area contributed by atoms with Crippen LogP contribution in [0.1, 0.15) is 25.3 Å². The second-order valence-corrected chi connectivity index (χ2v) is 4.20. The van der Waals surface area contributed by atoms with E-state index in [0.29, 0.717) is 15.7 Å². The van der Waals surface area contributed by atoms with Gasteiger partial charge in [0.15, 0.2) is 0 Å². The number of hydrogen-bond donors (Lipinski definition) is 1. The number of nitro benzene ring substituents is 1. The Morgan fingerprint density at radius 2 is 2.07 bits per heavy atom. The van der Waals surface area contributed by atoms with Crippen LogP contribution in [0.3, 0.4) is 0 Å². The van der Waals surface area contributed by atoms with Crippen LogP contribution in [0.15, 0.2) is 16.6 Å². The van der Waals surface area contributed by atoms with Gasteiger partial charge in [-0.15, -0.1) is 0 Å². The Bertz CT molecular complexity index is 377. The fourth-order valence-electron chi connectivity index (χ4n) is 1.21. The van der Waals surface area contributed by atoms with E-state index in [1.807, 2.05) is 13.8 Å². The summed E-state index contributed by atoms with van der Waals surface area (Å²) in [6.45, 7) is 3.82. The van der Waals surface area contributed by atoms with Crippen molar-refractivity contribution in [3.8, 4) is 0 Å². The molecule has 0 saturated carbocycles. The number of anilines is 1. The average Bonchev–Trinajstić information content (AvgIpc) is 2.08. The molecule has 0 spiro atoms. The number of nitrogens with two attached hydrogens (primary N) is 1. The maximum Gasteiger partial charge on any atom is 0.274 e. The van der Waals surface area contributed by atoms with Gasteiger partial charge in [0.05, 0.1) is 10.6 Å². The Hall–Kier alpha value is -1.10. The number of hydrogen-bond acceptors (Lipinski definition) is 3. The van der Waals surface area contributed by atoms with Crippen molar-refractivity contribution in [2.24, 2.45) is 0 Å². The van der Waals surface area contributed by atoms with Crippen molar-refractivity contribution in [2.75, 3.05) is 5.73 Å². The predicted octanol–water partition coefficient (Wildman–Crippen LogP) is 3.06. The quantitative estimate of drug-likeness (QED) is 0.504. The van der Waals surface area contributed by atoms with E-state index in [4.69, 9.17) is 5.73 Å². The molecule has 0 aliphatic heterocycles. The Kier molecular flexibility index (Phi) is 3.10. The largest absolute Gasteiger partial charge is 0.398 e. The Balaban J connectivity index is 3.39. The lowest BCUT2D eigenvalue weighted by atomic mass is 10.0. The minimum atomic E-state index is -0.405. The first-order chi connectivity index (χ1) is 6.43. The molecule has 0 fully saturated rings. The number of nitrogens with zero attached hydrogens (tertiary/aromatic N) is 1. The second-order valence-electron chi connectivity index (χ2n) is 3.34.